The second kappa shape index (κ2) is 3.26. The van der Waals surface area contributed by atoms with Gasteiger partial charge < -0.3 is 10.3 Å². The molecular formula is C12H13ClN2. The number of halogens is 1. The minimum atomic E-state index is 0.585. The molecule has 0 amide bonds. The van der Waals surface area contributed by atoms with Crippen LogP contribution in [0, 0.1) is 0 Å². The van der Waals surface area contributed by atoms with Gasteiger partial charge in [-0.25, -0.2) is 0 Å². The lowest BCUT2D eigenvalue weighted by Gasteiger charge is -2.07. The van der Waals surface area contributed by atoms with Crippen LogP contribution in [0.15, 0.2) is 24.3 Å². The molecule has 1 aliphatic carbocycles. The summed E-state index contributed by atoms with van der Waals surface area (Å²) in [6, 6.07) is 8.83. The predicted octanol–water partition coefficient (Wildman–Crippen LogP) is 3.09. The van der Waals surface area contributed by atoms with Gasteiger partial charge in [-0.05, 0) is 31.0 Å². The topological polar surface area (TPSA) is 30.9 Å². The maximum atomic E-state index is 6.17. The molecule has 1 aliphatic rings. The molecule has 78 valence electrons. The molecule has 2 aromatic rings. The van der Waals surface area contributed by atoms with Crippen LogP contribution in [0.4, 0.5) is 0 Å². The highest BCUT2D eigenvalue weighted by Gasteiger charge is 2.27. The molecule has 15 heavy (non-hydrogen) atoms. The van der Waals surface area contributed by atoms with Crippen molar-refractivity contribution in [3.05, 3.63) is 35.0 Å². The molecule has 0 aliphatic heterocycles. The van der Waals surface area contributed by atoms with Crippen molar-refractivity contribution in [2.75, 3.05) is 0 Å². The lowest BCUT2D eigenvalue weighted by Crippen LogP contribution is -2.05. The van der Waals surface area contributed by atoms with Crippen LogP contribution < -0.4 is 5.73 Å². The molecular weight excluding hydrogens is 208 g/mol. The highest BCUT2D eigenvalue weighted by atomic mass is 35.5. The maximum Gasteiger partial charge on any atom is 0.0500 e. The largest absolute Gasteiger partial charge is 0.340 e. The van der Waals surface area contributed by atoms with Gasteiger partial charge in [0.2, 0.25) is 0 Å². The summed E-state index contributed by atoms with van der Waals surface area (Å²) in [7, 11) is 0. The maximum absolute atomic E-state index is 6.17. The molecule has 2 nitrogen and oxygen atoms in total. The van der Waals surface area contributed by atoms with Crippen molar-refractivity contribution in [2.24, 2.45) is 5.73 Å². The molecule has 0 spiro atoms. The molecule has 3 heteroatoms. The van der Waals surface area contributed by atoms with Crippen LogP contribution in [0.3, 0.4) is 0 Å². The van der Waals surface area contributed by atoms with E-state index in [1.807, 2.05) is 12.1 Å². The minimum Gasteiger partial charge on any atom is -0.340 e. The van der Waals surface area contributed by atoms with Gasteiger partial charge >= 0.3 is 0 Å². The van der Waals surface area contributed by atoms with Gasteiger partial charge in [0.15, 0.2) is 0 Å². The highest BCUT2D eigenvalue weighted by molar-refractivity contribution is 6.35. The normalized spacial score (nSPS) is 16.1. The van der Waals surface area contributed by atoms with Gasteiger partial charge in [0, 0.05) is 28.7 Å². The van der Waals surface area contributed by atoms with E-state index in [4.69, 9.17) is 17.3 Å². The number of benzene rings is 1. The number of nitrogens with two attached hydrogens (primary N) is 1. The highest BCUT2D eigenvalue weighted by Crippen LogP contribution is 2.40. The van der Waals surface area contributed by atoms with E-state index in [0.717, 1.165) is 10.4 Å². The van der Waals surface area contributed by atoms with E-state index in [0.29, 0.717) is 12.6 Å². The average Bonchev–Trinajstić information content (AvgIpc) is 3.00. The second-order valence-corrected chi connectivity index (χ2v) is 4.52. The Bertz CT molecular complexity index is 512. The van der Waals surface area contributed by atoms with E-state index >= 15 is 0 Å². The molecule has 1 heterocycles. The molecule has 0 saturated heterocycles. The number of hydrogen-bond donors (Lipinski definition) is 1. The average molecular weight is 221 g/mol. The molecule has 0 atom stereocenters. The third kappa shape index (κ3) is 1.36. The van der Waals surface area contributed by atoms with Crippen LogP contribution in [0.1, 0.15) is 24.6 Å². The molecule has 1 fully saturated rings. The lowest BCUT2D eigenvalue weighted by molar-refractivity contribution is 0.721. The van der Waals surface area contributed by atoms with Crippen LogP contribution in [-0.4, -0.2) is 4.57 Å². The monoisotopic (exact) mass is 220 g/mol. The van der Waals surface area contributed by atoms with E-state index in [2.05, 4.69) is 16.7 Å². The third-order valence-electron chi connectivity index (χ3n) is 3.03. The van der Waals surface area contributed by atoms with Gasteiger partial charge in [-0.1, -0.05) is 17.7 Å². The first-order chi connectivity index (χ1) is 7.31. The number of hydrogen-bond acceptors (Lipinski definition) is 1. The molecule has 3 rings (SSSR count). The Morgan fingerprint density at radius 3 is 2.87 bits per heavy atom. The van der Waals surface area contributed by atoms with Crippen molar-refractivity contribution in [3.63, 3.8) is 0 Å². The molecule has 1 aromatic carbocycles. The van der Waals surface area contributed by atoms with E-state index in [1.54, 1.807) is 0 Å². The molecule has 1 saturated carbocycles. The van der Waals surface area contributed by atoms with Crippen LogP contribution in [0.5, 0.6) is 0 Å². The van der Waals surface area contributed by atoms with Crippen molar-refractivity contribution in [1.29, 1.82) is 0 Å². The Labute approximate surface area is 93.6 Å². The van der Waals surface area contributed by atoms with Gasteiger partial charge in [0.25, 0.3) is 0 Å². The number of nitrogens with zero attached hydrogens (tertiary/aromatic N) is 1. The Morgan fingerprint density at radius 2 is 2.20 bits per heavy atom. The first kappa shape index (κ1) is 9.25. The van der Waals surface area contributed by atoms with Crippen molar-refractivity contribution in [1.82, 2.24) is 4.57 Å². The molecule has 2 N–H and O–H groups in total. The summed E-state index contributed by atoms with van der Waals surface area (Å²) < 4.78 is 2.35. The van der Waals surface area contributed by atoms with Crippen molar-refractivity contribution in [3.8, 4) is 0 Å². The van der Waals surface area contributed by atoms with Gasteiger partial charge in [-0.3, -0.25) is 0 Å². The lowest BCUT2D eigenvalue weighted by atomic mass is 10.2. The first-order valence-electron chi connectivity index (χ1n) is 5.29. The van der Waals surface area contributed by atoms with Gasteiger partial charge in [0.1, 0.15) is 0 Å². The summed E-state index contributed by atoms with van der Waals surface area (Å²) in [6.07, 6.45) is 2.53. The smallest absolute Gasteiger partial charge is 0.0500 e. The van der Waals surface area contributed by atoms with Gasteiger partial charge in [-0.15, -0.1) is 0 Å². The summed E-state index contributed by atoms with van der Waals surface area (Å²) in [5.74, 6) is 0. The SMILES string of the molecule is NCc1cc2c(Cl)cccc2n1C1CC1. The van der Waals surface area contributed by atoms with E-state index in [1.165, 1.54) is 24.1 Å². The molecule has 1 aromatic heterocycles. The minimum absolute atomic E-state index is 0.585. The summed E-state index contributed by atoms with van der Waals surface area (Å²) >= 11 is 6.17. The number of fused-ring (bicyclic) bond motifs is 1. The Morgan fingerprint density at radius 1 is 1.40 bits per heavy atom. The quantitative estimate of drug-likeness (QED) is 0.829. The molecule has 0 bridgehead atoms. The number of rotatable bonds is 2. The summed E-state index contributed by atoms with van der Waals surface area (Å²) in [6.45, 7) is 0.585. The standard InChI is InChI=1S/C12H13ClN2/c13-11-2-1-3-12-10(11)6-9(7-14)15(12)8-4-5-8/h1-3,6,8H,4-5,7,14H2. The summed E-state index contributed by atoms with van der Waals surface area (Å²) in [5.41, 5.74) is 8.19. The zero-order valence-electron chi connectivity index (χ0n) is 8.41. The second-order valence-electron chi connectivity index (χ2n) is 4.11. The third-order valence-corrected chi connectivity index (χ3v) is 3.36. The van der Waals surface area contributed by atoms with Gasteiger partial charge in [0.05, 0.1) is 5.52 Å². The fraction of sp³-hybridized carbons (Fsp3) is 0.333. The summed E-state index contributed by atoms with van der Waals surface area (Å²) in [5, 5.41) is 1.95. The first-order valence-corrected chi connectivity index (χ1v) is 5.67. The predicted molar refractivity (Wildman–Crippen MR) is 63.1 cm³/mol. The van der Waals surface area contributed by atoms with Crippen molar-refractivity contribution in [2.45, 2.75) is 25.4 Å². The fourth-order valence-electron chi connectivity index (χ4n) is 2.19. The van der Waals surface area contributed by atoms with Crippen LogP contribution in [0.2, 0.25) is 5.02 Å². The van der Waals surface area contributed by atoms with Crippen molar-refractivity contribution < 1.29 is 0 Å². The zero-order chi connectivity index (χ0) is 10.4. The summed E-state index contributed by atoms with van der Waals surface area (Å²) in [4.78, 5) is 0. The van der Waals surface area contributed by atoms with E-state index in [-0.39, 0.29) is 0 Å². The Hall–Kier alpha value is -0.990. The molecule has 0 unspecified atom stereocenters. The van der Waals surface area contributed by atoms with E-state index in [9.17, 15) is 0 Å². The van der Waals surface area contributed by atoms with Crippen molar-refractivity contribution >= 4 is 22.5 Å². The van der Waals surface area contributed by atoms with Crippen LogP contribution in [0.25, 0.3) is 10.9 Å². The van der Waals surface area contributed by atoms with Crippen LogP contribution in [-0.2, 0) is 6.54 Å². The van der Waals surface area contributed by atoms with Crippen LogP contribution >= 0.6 is 11.6 Å². The molecule has 0 radical (unpaired) electrons. The fourth-order valence-corrected chi connectivity index (χ4v) is 2.41. The zero-order valence-corrected chi connectivity index (χ0v) is 9.17. The van der Waals surface area contributed by atoms with E-state index < -0.39 is 0 Å². The van der Waals surface area contributed by atoms with Gasteiger partial charge in [-0.2, -0.15) is 0 Å². The number of aromatic nitrogens is 1. The Kier molecular flexibility index (Phi) is 2.01. The Balaban J connectivity index is 2.33.